The summed E-state index contributed by atoms with van der Waals surface area (Å²) in [6.07, 6.45) is 3.99. The van der Waals surface area contributed by atoms with Crippen molar-refractivity contribution in [2.75, 3.05) is 27.2 Å². The molecule has 25 heavy (non-hydrogen) atoms. The molecule has 4 nitrogen and oxygen atoms in total. The van der Waals surface area contributed by atoms with Crippen molar-refractivity contribution in [3.8, 4) is 0 Å². The number of nitrogens with zero attached hydrogens (tertiary/aromatic N) is 3. The highest BCUT2D eigenvalue weighted by Gasteiger charge is 2.22. The average Bonchev–Trinajstić information content (AvgIpc) is 2.88. The van der Waals surface area contributed by atoms with Crippen LogP contribution in [0.25, 0.3) is 10.9 Å². The number of benzene rings is 1. The zero-order valence-corrected chi connectivity index (χ0v) is 15.5. The molecule has 136 valence electrons. The normalized spacial score (nSPS) is 18.6. The molecule has 1 saturated heterocycles. The molecule has 1 aromatic heterocycles. The Kier molecular flexibility index (Phi) is 5.42. The van der Waals surface area contributed by atoms with Gasteiger partial charge < -0.3 is 9.47 Å². The quantitative estimate of drug-likeness (QED) is 0.831. The van der Waals surface area contributed by atoms with E-state index in [-0.39, 0.29) is 11.7 Å². The van der Waals surface area contributed by atoms with Crippen LogP contribution >= 0.6 is 0 Å². The summed E-state index contributed by atoms with van der Waals surface area (Å²) in [4.78, 5) is 16.0. The van der Waals surface area contributed by atoms with Crippen LogP contribution in [0.1, 0.15) is 31.4 Å². The summed E-state index contributed by atoms with van der Waals surface area (Å²) in [5.41, 5.74) is 2.28. The molecule has 1 aromatic carbocycles. The Morgan fingerprint density at radius 3 is 2.88 bits per heavy atom. The third-order valence-corrected chi connectivity index (χ3v) is 5.36. The minimum atomic E-state index is -0.187. The third-order valence-electron chi connectivity index (χ3n) is 5.36. The number of aryl methyl sites for hydroxylation is 1. The molecule has 1 fully saturated rings. The van der Waals surface area contributed by atoms with Gasteiger partial charge in [-0.1, -0.05) is 0 Å². The molecule has 0 N–H and O–H groups in total. The SMILES string of the molecule is CN(C)C(=O)CC[C@@H]1CCCN(Cc2cc3cc(F)ccc3n2C)C1. The van der Waals surface area contributed by atoms with E-state index in [1.807, 2.05) is 27.2 Å². The number of carbonyl (C=O) groups excluding carboxylic acids is 1. The molecule has 0 spiro atoms. The van der Waals surface area contributed by atoms with Crippen molar-refractivity contribution in [3.05, 3.63) is 35.8 Å². The van der Waals surface area contributed by atoms with Crippen LogP contribution in [0.2, 0.25) is 0 Å². The summed E-state index contributed by atoms with van der Waals surface area (Å²) < 4.78 is 15.6. The van der Waals surface area contributed by atoms with Crippen molar-refractivity contribution in [2.24, 2.45) is 13.0 Å². The number of hydrogen-bond acceptors (Lipinski definition) is 2. The Labute approximate surface area is 149 Å². The van der Waals surface area contributed by atoms with Crippen molar-refractivity contribution < 1.29 is 9.18 Å². The third kappa shape index (κ3) is 4.21. The number of fused-ring (bicyclic) bond motifs is 1. The van der Waals surface area contributed by atoms with Gasteiger partial charge in [-0.05, 0) is 56.0 Å². The van der Waals surface area contributed by atoms with Crippen molar-refractivity contribution >= 4 is 16.8 Å². The molecule has 1 amide bonds. The number of rotatable bonds is 5. The number of aromatic nitrogens is 1. The minimum absolute atomic E-state index is 0.187. The largest absolute Gasteiger partial charge is 0.349 e. The molecule has 2 heterocycles. The summed E-state index contributed by atoms with van der Waals surface area (Å²) in [5, 5.41) is 0.961. The minimum Gasteiger partial charge on any atom is -0.349 e. The number of amides is 1. The summed E-state index contributed by atoms with van der Waals surface area (Å²) in [6, 6.07) is 7.06. The van der Waals surface area contributed by atoms with Gasteiger partial charge in [-0.25, -0.2) is 4.39 Å². The second-order valence-corrected chi connectivity index (χ2v) is 7.47. The smallest absolute Gasteiger partial charge is 0.222 e. The molecule has 0 bridgehead atoms. The van der Waals surface area contributed by atoms with Gasteiger partial charge in [-0.2, -0.15) is 0 Å². The van der Waals surface area contributed by atoms with E-state index in [0.29, 0.717) is 12.3 Å². The van der Waals surface area contributed by atoms with E-state index in [4.69, 9.17) is 0 Å². The van der Waals surface area contributed by atoms with Gasteiger partial charge in [-0.15, -0.1) is 0 Å². The maximum Gasteiger partial charge on any atom is 0.222 e. The number of piperidine rings is 1. The van der Waals surface area contributed by atoms with Crippen molar-refractivity contribution in [2.45, 2.75) is 32.2 Å². The molecule has 0 radical (unpaired) electrons. The van der Waals surface area contributed by atoms with Gasteiger partial charge in [0.25, 0.3) is 0 Å². The Morgan fingerprint density at radius 1 is 1.32 bits per heavy atom. The van der Waals surface area contributed by atoms with Gasteiger partial charge in [0, 0.05) is 57.3 Å². The van der Waals surface area contributed by atoms with Crippen LogP contribution in [-0.2, 0) is 18.4 Å². The first-order valence-electron chi connectivity index (χ1n) is 9.10. The predicted molar refractivity (Wildman–Crippen MR) is 98.8 cm³/mol. The zero-order chi connectivity index (χ0) is 18.0. The molecule has 0 saturated carbocycles. The Morgan fingerprint density at radius 2 is 2.12 bits per heavy atom. The van der Waals surface area contributed by atoms with Crippen LogP contribution in [0.3, 0.4) is 0 Å². The number of hydrogen-bond donors (Lipinski definition) is 0. The maximum absolute atomic E-state index is 13.4. The van der Waals surface area contributed by atoms with Crippen molar-refractivity contribution in [1.82, 2.24) is 14.4 Å². The van der Waals surface area contributed by atoms with Gasteiger partial charge in [0.05, 0.1) is 0 Å². The maximum atomic E-state index is 13.4. The Hall–Kier alpha value is -1.88. The van der Waals surface area contributed by atoms with Gasteiger partial charge in [0.1, 0.15) is 5.82 Å². The van der Waals surface area contributed by atoms with Crippen molar-refractivity contribution in [1.29, 1.82) is 0 Å². The number of halogens is 1. The lowest BCUT2D eigenvalue weighted by Gasteiger charge is -2.33. The Bertz CT molecular complexity index is 753. The van der Waals surface area contributed by atoms with E-state index in [0.717, 1.165) is 37.0 Å². The van der Waals surface area contributed by atoms with E-state index in [1.165, 1.54) is 24.6 Å². The van der Waals surface area contributed by atoms with E-state index >= 15 is 0 Å². The van der Waals surface area contributed by atoms with Crippen LogP contribution < -0.4 is 0 Å². The lowest BCUT2D eigenvalue weighted by Crippen LogP contribution is -2.36. The fourth-order valence-corrected chi connectivity index (χ4v) is 3.84. The van der Waals surface area contributed by atoms with Gasteiger partial charge in [0.2, 0.25) is 5.91 Å². The molecule has 1 atom stereocenters. The van der Waals surface area contributed by atoms with Gasteiger partial charge in [0.15, 0.2) is 0 Å². The highest BCUT2D eigenvalue weighted by atomic mass is 19.1. The van der Waals surface area contributed by atoms with Crippen LogP contribution in [0.4, 0.5) is 4.39 Å². The molecule has 5 heteroatoms. The van der Waals surface area contributed by atoms with Crippen LogP contribution in [0, 0.1) is 11.7 Å². The fraction of sp³-hybridized carbons (Fsp3) is 0.550. The molecule has 2 aromatic rings. The first kappa shape index (κ1) is 17.9. The lowest BCUT2D eigenvalue weighted by molar-refractivity contribution is -0.129. The molecule has 3 rings (SSSR count). The van der Waals surface area contributed by atoms with Crippen molar-refractivity contribution in [3.63, 3.8) is 0 Å². The van der Waals surface area contributed by atoms with Crippen LogP contribution in [-0.4, -0.2) is 47.5 Å². The van der Waals surface area contributed by atoms with E-state index in [9.17, 15) is 9.18 Å². The van der Waals surface area contributed by atoms with Gasteiger partial charge in [-0.3, -0.25) is 9.69 Å². The lowest BCUT2D eigenvalue weighted by atomic mass is 9.93. The molecule has 1 aliphatic rings. The van der Waals surface area contributed by atoms with Crippen LogP contribution in [0.5, 0.6) is 0 Å². The van der Waals surface area contributed by atoms with E-state index in [1.54, 1.807) is 11.0 Å². The topological polar surface area (TPSA) is 28.5 Å². The monoisotopic (exact) mass is 345 g/mol. The summed E-state index contributed by atoms with van der Waals surface area (Å²) in [7, 11) is 5.68. The van der Waals surface area contributed by atoms with E-state index < -0.39 is 0 Å². The fourth-order valence-electron chi connectivity index (χ4n) is 3.84. The summed E-state index contributed by atoms with van der Waals surface area (Å²) in [6.45, 7) is 3.01. The van der Waals surface area contributed by atoms with Gasteiger partial charge >= 0.3 is 0 Å². The average molecular weight is 345 g/mol. The number of likely N-dealkylation sites (tertiary alicyclic amines) is 1. The standard InChI is InChI=1S/C20H28FN3O/c1-22(2)20(25)9-6-15-5-4-10-24(13-15)14-18-12-16-11-17(21)7-8-19(16)23(18)3/h7-8,11-12,15H,4-6,9-10,13-14H2,1-3H3/t15-/m0/s1. The molecular weight excluding hydrogens is 317 g/mol. The highest BCUT2D eigenvalue weighted by Crippen LogP contribution is 2.25. The highest BCUT2D eigenvalue weighted by molar-refractivity contribution is 5.81. The first-order chi connectivity index (χ1) is 11.9. The van der Waals surface area contributed by atoms with Crippen LogP contribution in [0.15, 0.2) is 24.3 Å². The second kappa shape index (κ2) is 7.56. The zero-order valence-electron chi connectivity index (χ0n) is 15.5. The Balaban J connectivity index is 1.63. The first-order valence-corrected chi connectivity index (χ1v) is 9.10. The summed E-state index contributed by atoms with van der Waals surface area (Å²) in [5.74, 6) is 0.617. The number of carbonyl (C=O) groups is 1. The molecular formula is C20H28FN3O. The van der Waals surface area contributed by atoms with E-state index in [2.05, 4.69) is 15.5 Å². The molecule has 0 aliphatic carbocycles. The summed E-state index contributed by atoms with van der Waals surface area (Å²) >= 11 is 0. The molecule has 0 unspecified atom stereocenters. The predicted octanol–water partition coefficient (Wildman–Crippen LogP) is 3.40. The second-order valence-electron chi connectivity index (χ2n) is 7.47. The molecule has 1 aliphatic heterocycles.